The van der Waals surface area contributed by atoms with Crippen LogP contribution in [0.25, 0.3) is 0 Å². The molecule has 1 aromatic carbocycles. The van der Waals surface area contributed by atoms with Gasteiger partial charge in [0.1, 0.15) is 5.82 Å². The number of benzene rings is 1. The van der Waals surface area contributed by atoms with Crippen molar-refractivity contribution < 1.29 is 0 Å². The quantitative estimate of drug-likeness (QED) is 0.893. The van der Waals surface area contributed by atoms with Crippen LogP contribution < -0.4 is 11.1 Å². The van der Waals surface area contributed by atoms with Crippen LogP contribution in [0.5, 0.6) is 0 Å². The van der Waals surface area contributed by atoms with Crippen LogP contribution in [-0.2, 0) is 6.42 Å². The first-order valence-corrected chi connectivity index (χ1v) is 6.75. The first-order chi connectivity index (χ1) is 8.69. The number of nitrogens with two attached hydrogens (primary N) is 1. The van der Waals surface area contributed by atoms with Gasteiger partial charge in [-0.1, -0.05) is 25.5 Å². The minimum atomic E-state index is 0.644. The van der Waals surface area contributed by atoms with E-state index in [1.807, 2.05) is 6.07 Å². The van der Waals surface area contributed by atoms with Gasteiger partial charge in [-0.05, 0) is 46.1 Å². The van der Waals surface area contributed by atoms with Crippen LogP contribution in [0.1, 0.15) is 18.9 Å². The van der Waals surface area contributed by atoms with Gasteiger partial charge in [-0.2, -0.15) is 0 Å². The highest BCUT2D eigenvalue weighted by atomic mass is 79.9. The zero-order valence-electron chi connectivity index (χ0n) is 10.3. The predicted octanol–water partition coefficient (Wildman–Crippen LogP) is 4.12. The fraction of sp³-hybridized carbons (Fsp3) is 0.214. The fourth-order valence-corrected chi connectivity index (χ4v) is 2.19. The van der Waals surface area contributed by atoms with Crippen molar-refractivity contribution >= 4 is 33.1 Å². The van der Waals surface area contributed by atoms with Gasteiger partial charge in [0.2, 0.25) is 0 Å². The SMILES string of the molecule is CCCc1ccc(Nc2ncc(N)cc2Br)cc1. The van der Waals surface area contributed by atoms with Crippen molar-refractivity contribution in [3.63, 3.8) is 0 Å². The summed E-state index contributed by atoms with van der Waals surface area (Å²) >= 11 is 3.44. The number of pyridine rings is 1. The molecule has 4 heteroatoms. The minimum absolute atomic E-state index is 0.644. The summed E-state index contributed by atoms with van der Waals surface area (Å²) in [4.78, 5) is 4.25. The van der Waals surface area contributed by atoms with Crippen LogP contribution in [0.2, 0.25) is 0 Å². The van der Waals surface area contributed by atoms with E-state index in [0.29, 0.717) is 5.69 Å². The highest BCUT2D eigenvalue weighted by Gasteiger charge is 2.02. The number of halogens is 1. The second-order valence-electron chi connectivity index (χ2n) is 4.17. The summed E-state index contributed by atoms with van der Waals surface area (Å²) in [7, 11) is 0. The van der Waals surface area contributed by atoms with E-state index in [1.54, 1.807) is 6.20 Å². The van der Waals surface area contributed by atoms with E-state index in [4.69, 9.17) is 5.73 Å². The maximum absolute atomic E-state index is 5.65. The molecular weight excluding hydrogens is 290 g/mol. The largest absolute Gasteiger partial charge is 0.397 e. The number of rotatable bonds is 4. The zero-order chi connectivity index (χ0) is 13.0. The van der Waals surface area contributed by atoms with E-state index >= 15 is 0 Å². The zero-order valence-corrected chi connectivity index (χ0v) is 11.9. The summed E-state index contributed by atoms with van der Waals surface area (Å²) < 4.78 is 0.861. The van der Waals surface area contributed by atoms with Crippen molar-refractivity contribution in [2.75, 3.05) is 11.1 Å². The molecule has 0 bridgehead atoms. The molecule has 0 radical (unpaired) electrons. The second kappa shape index (κ2) is 5.87. The summed E-state index contributed by atoms with van der Waals surface area (Å²) in [6.07, 6.45) is 3.92. The first kappa shape index (κ1) is 12.9. The third kappa shape index (κ3) is 3.23. The number of aryl methyl sites for hydroxylation is 1. The number of hydrogen-bond donors (Lipinski definition) is 2. The van der Waals surface area contributed by atoms with E-state index in [9.17, 15) is 0 Å². The van der Waals surface area contributed by atoms with Gasteiger partial charge in [0.15, 0.2) is 0 Å². The van der Waals surface area contributed by atoms with E-state index < -0.39 is 0 Å². The fourth-order valence-electron chi connectivity index (χ4n) is 1.72. The van der Waals surface area contributed by atoms with E-state index in [2.05, 4.69) is 57.4 Å². The van der Waals surface area contributed by atoms with Crippen LogP contribution in [-0.4, -0.2) is 4.98 Å². The number of aromatic nitrogens is 1. The molecule has 0 aliphatic carbocycles. The Kier molecular flexibility index (Phi) is 4.20. The Hall–Kier alpha value is -1.55. The van der Waals surface area contributed by atoms with E-state index in [1.165, 1.54) is 5.56 Å². The normalized spacial score (nSPS) is 10.3. The summed E-state index contributed by atoms with van der Waals surface area (Å²) in [6, 6.07) is 10.2. The molecule has 0 saturated carbocycles. The van der Waals surface area contributed by atoms with Crippen LogP contribution in [0, 0.1) is 0 Å². The number of nitrogen functional groups attached to an aromatic ring is 1. The summed E-state index contributed by atoms with van der Waals surface area (Å²) in [6.45, 7) is 2.18. The molecule has 1 aromatic heterocycles. The third-order valence-corrected chi connectivity index (χ3v) is 3.22. The lowest BCUT2D eigenvalue weighted by molar-refractivity contribution is 0.922. The van der Waals surface area contributed by atoms with Crippen molar-refractivity contribution in [1.82, 2.24) is 4.98 Å². The highest BCUT2D eigenvalue weighted by Crippen LogP contribution is 2.25. The number of anilines is 3. The van der Waals surface area contributed by atoms with Gasteiger partial charge in [0.25, 0.3) is 0 Å². The van der Waals surface area contributed by atoms with Crippen molar-refractivity contribution in [3.05, 3.63) is 46.6 Å². The molecule has 0 aliphatic heterocycles. The molecule has 1 heterocycles. The van der Waals surface area contributed by atoms with Crippen LogP contribution in [0.15, 0.2) is 41.0 Å². The number of nitrogens with zero attached hydrogens (tertiary/aromatic N) is 1. The molecular formula is C14H16BrN3. The molecule has 18 heavy (non-hydrogen) atoms. The lowest BCUT2D eigenvalue weighted by Crippen LogP contribution is -1.96. The summed E-state index contributed by atoms with van der Waals surface area (Å²) in [5, 5.41) is 3.26. The van der Waals surface area contributed by atoms with Crippen molar-refractivity contribution in [1.29, 1.82) is 0 Å². The predicted molar refractivity (Wildman–Crippen MR) is 80.1 cm³/mol. The van der Waals surface area contributed by atoms with E-state index in [0.717, 1.165) is 28.8 Å². The Balaban J connectivity index is 2.13. The van der Waals surface area contributed by atoms with E-state index in [-0.39, 0.29) is 0 Å². The smallest absolute Gasteiger partial charge is 0.144 e. The maximum atomic E-state index is 5.65. The van der Waals surface area contributed by atoms with Gasteiger partial charge in [0, 0.05) is 5.69 Å². The van der Waals surface area contributed by atoms with Gasteiger partial charge < -0.3 is 11.1 Å². The monoisotopic (exact) mass is 305 g/mol. The third-order valence-electron chi connectivity index (χ3n) is 2.62. The molecule has 0 unspecified atom stereocenters. The molecule has 0 amide bonds. The van der Waals surface area contributed by atoms with Crippen molar-refractivity contribution in [2.45, 2.75) is 19.8 Å². The van der Waals surface area contributed by atoms with Crippen molar-refractivity contribution in [2.24, 2.45) is 0 Å². The average molecular weight is 306 g/mol. The Morgan fingerprint density at radius 1 is 1.28 bits per heavy atom. The topological polar surface area (TPSA) is 50.9 Å². The maximum Gasteiger partial charge on any atom is 0.144 e. The molecule has 0 saturated heterocycles. The first-order valence-electron chi connectivity index (χ1n) is 5.96. The number of nitrogens with one attached hydrogen (secondary N) is 1. The molecule has 3 N–H and O–H groups in total. The second-order valence-corrected chi connectivity index (χ2v) is 5.03. The summed E-state index contributed by atoms with van der Waals surface area (Å²) in [5.41, 5.74) is 8.67. The molecule has 0 aliphatic rings. The number of hydrogen-bond acceptors (Lipinski definition) is 3. The Morgan fingerprint density at radius 2 is 2.00 bits per heavy atom. The Bertz CT molecular complexity index is 523. The Morgan fingerprint density at radius 3 is 2.61 bits per heavy atom. The molecule has 0 fully saturated rings. The molecule has 94 valence electrons. The highest BCUT2D eigenvalue weighted by molar-refractivity contribution is 9.10. The lowest BCUT2D eigenvalue weighted by atomic mass is 10.1. The van der Waals surface area contributed by atoms with Gasteiger partial charge in [-0.15, -0.1) is 0 Å². The standard InChI is InChI=1S/C14H16BrN3/c1-2-3-10-4-6-12(7-5-10)18-14-13(15)8-11(16)9-17-14/h4-9H,2-3,16H2,1H3,(H,17,18). The molecule has 0 spiro atoms. The van der Waals surface area contributed by atoms with Crippen LogP contribution in [0.4, 0.5) is 17.2 Å². The average Bonchev–Trinajstić information content (AvgIpc) is 2.35. The summed E-state index contributed by atoms with van der Waals surface area (Å²) in [5.74, 6) is 0.771. The minimum Gasteiger partial charge on any atom is -0.397 e. The van der Waals surface area contributed by atoms with Crippen LogP contribution in [0.3, 0.4) is 0 Å². The Labute approximate surface area is 116 Å². The van der Waals surface area contributed by atoms with Gasteiger partial charge in [-0.3, -0.25) is 0 Å². The molecule has 2 rings (SSSR count). The van der Waals surface area contributed by atoms with Crippen LogP contribution >= 0.6 is 15.9 Å². The van der Waals surface area contributed by atoms with Gasteiger partial charge >= 0.3 is 0 Å². The lowest BCUT2D eigenvalue weighted by Gasteiger charge is -2.08. The molecule has 2 aromatic rings. The van der Waals surface area contributed by atoms with Gasteiger partial charge in [-0.25, -0.2) is 4.98 Å². The van der Waals surface area contributed by atoms with Gasteiger partial charge in [0.05, 0.1) is 16.4 Å². The van der Waals surface area contributed by atoms with Crippen molar-refractivity contribution in [3.8, 4) is 0 Å². The molecule has 0 atom stereocenters. The molecule has 3 nitrogen and oxygen atoms in total.